The van der Waals surface area contributed by atoms with Gasteiger partial charge in [-0.2, -0.15) is 0 Å². The number of carbonyl (C=O) groups excluding carboxylic acids is 1. The average Bonchev–Trinajstić information content (AvgIpc) is 2.28. The highest BCUT2D eigenvalue weighted by Crippen LogP contribution is 2.27. The van der Waals surface area contributed by atoms with Gasteiger partial charge in [0.2, 0.25) is 0 Å². The van der Waals surface area contributed by atoms with Crippen molar-refractivity contribution in [2.45, 2.75) is 32.2 Å². The van der Waals surface area contributed by atoms with Crippen LogP contribution in [0.4, 0.5) is 4.39 Å². The summed E-state index contributed by atoms with van der Waals surface area (Å²) in [5.41, 5.74) is 1.11. The Balaban J connectivity index is 2.23. The summed E-state index contributed by atoms with van der Waals surface area (Å²) in [6.07, 6.45) is 3.23. The second-order valence-corrected chi connectivity index (χ2v) is 5.55. The van der Waals surface area contributed by atoms with E-state index in [0.29, 0.717) is 6.54 Å². The lowest BCUT2D eigenvalue weighted by Crippen LogP contribution is -2.45. The van der Waals surface area contributed by atoms with E-state index in [1.807, 2.05) is 6.92 Å². The zero-order valence-electron chi connectivity index (χ0n) is 10.5. The molecule has 4 heteroatoms. The second kappa shape index (κ2) is 5.83. The first-order valence-corrected chi connectivity index (χ1v) is 7.38. The molecule has 0 spiro atoms. The van der Waals surface area contributed by atoms with Crippen LogP contribution in [0, 0.1) is 12.7 Å². The highest BCUT2D eigenvalue weighted by atomic mass is 79.9. The van der Waals surface area contributed by atoms with Crippen molar-refractivity contribution in [1.29, 1.82) is 0 Å². The number of hydrogen-bond donors (Lipinski definition) is 0. The van der Waals surface area contributed by atoms with Gasteiger partial charge in [0.25, 0.3) is 5.91 Å². The second-order valence-electron chi connectivity index (χ2n) is 4.76. The third-order valence-corrected chi connectivity index (χ3v) is 3.81. The Morgan fingerprint density at radius 3 is 2.78 bits per heavy atom. The molecule has 0 saturated heterocycles. The Morgan fingerprint density at radius 1 is 1.50 bits per heavy atom. The highest BCUT2D eigenvalue weighted by Gasteiger charge is 2.30. The topological polar surface area (TPSA) is 20.3 Å². The van der Waals surface area contributed by atoms with E-state index in [9.17, 15) is 9.18 Å². The molecule has 0 atom stereocenters. The number of amides is 1. The van der Waals surface area contributed by atoms with Gasteiger partial charge in [0, 0.05) is 17.9 Å². The van der Waals surface area contributed by atoms with Gasteiger partial charge in [-0.25, -0.2) is 4.39 Å². The Morgan fingerprint density at radius 2 is 2.22 bits per heavy atom. The van der Waals surface area contributed by atoms with E-state index in [-0.39, 0.29) is 17.5 Å². The van der Waals surface area contributed by atoms with E-state index >= 15 is 0 Å². The largest absolute Gasteiger partial charge is 0.335 e. The minimum atomic E-state index is -0.426. The van der Waals surface area contributed by atoms with Gasteiger partial charge in [-0.1, -0.05) is 27.6 Å². The van der Waals surface area contributed by atoms with Crippen LogP contribution in [0.25, 0.3) is 0 Å². The van der Waals surface area contributed by atoms with Crippen LogP contribution in [-0.4, -0.2) is 28.7 Å². The molecule has 0 unspecified atom stereocenters. The van der Waals surface area contributed by atoms with E-state index < -0.39 is 5.82 Å². The van der Waals surface area contributed by atoms with Gasteiger partial charge in [0.05, 0.1) is 5.56 Å². The molecule has 1 saturated carbocycles. The fraction of sp³-hybridized carbons (Fsp3) is 0.500. The molecule has 1 amide bonds. The molecule has 1 aliphatic carbocycles. The van der Waals surface area contributed by atoms with E-state index in [0.717, 1.165) is 30.2 Å². The van der Waals surface area contributed by atoms with Crippen LogP contribution in [0.15, 0.2) is 18.2 Å². The number of nitrogens with zero attached hydrogens (tertiary/aromatic N) is 1. The van der Waals surface area contributed by atoms with Crippen molar-refractivity contribution in [3.8, 4) is 0 Å². The Kier molecular flexibility index (Phi) is 4.38. The summed E-state index contributed by atoms with van der Waals surface area (Å²) in [4.78, 5) is 14.2. The Labute approximate surface area is 115 Å². The molecule has 0 heterocycles. The van der Waals surface area contributed by atoms with Crippen LogP contribution in [0.1, 0.15) is 35.2 Å². The molecule has 98 valence electrons. The predicted molar refractivity (Wildman–Crippen MR) is 73.6 cm³/mol. The molecule has 2 nitrogen and oxygen atoms in total. The SMILES string of the molecule is Cc1ccc(F)c(C(=O)N(CCBr)C2CCC2)c1. The first kappa shape index (κ1) is 13.5. The molecule has 0 radical (unpaired) electrons. The molecule has 0 aromatic heterocycles. The molecule has 0 aliphatic heterocycles. The fourth-order valence-electron chi connectivity index (χ4n) is 2.20. The van der Waals surface area contributed by atoms with Gasteiger partial charge < -0.3 is 4.90 Å². The van der Waals surface area contributed by atoms with E-state index in [1.165, 1.54) is 6.07 Å². The quantitative estimate of drug-likeness (QED) is 0.779. The van der Waals surface area contributed by atoms with Crippen molar-refractivity contribution in [1.82, 2.24) is 4.90 Å². The van der Waals surface area contributed by atoms with E-state index in [4.69, 9.17) is 0 Å². The molecule has 0 N–H and O–H groups in total. The van der Waals surface area contributed by atoms with Gasteiger partial charge in [-0.3, -0.25) is 4.79 Å². The monoisotopic (exact) mass is 313 g/mol. The maximum absolute atomic E-state index is 13.7. The summed E-state index contributed by atoms with van der Waals surface area (Å²) in [6.45, 7) is 2.51. The highest BCUT2D eigenvalue weighted by molar-refractivity contribution is 9.09. The molecule has 1 aliphatic rings. The first-order valence-electron chi connectivity index (χ1n) is 6.26. The zero-order chi connectivity index (χ0) is 13.1. The molecule has 18 heavy (non-hydrogen) atoms. The number of halogens is 2. The summed E-state index contributed by atoms with van der Waals surface area (Å²) in [7, 11) is 0. The van der Waals surface area contributed by atoms with Crippen LogP contribution in [0.5, 0.6) is 0 Å². The molecule has 1 fully saturated rings. The first-order chi connectivity index (χ1) is 8.63. The van der Waals surface area contributed by atoms with E-state index in [1.54, 1.807) is 17.0 Å². The van der Waals surface area contributed by atoms with Crippen LogP contribution in [0.3, 0.4) is 0 Å². The minimum absolute atomic E-state index is 0.180. The van der Waals surface area contributed by atoms with Crippen molar-refractivity contribution in [2.75, 3.05) is 11.9 Å². The van der Waals surface area contributed by atoms with Crippen molar-refractivity contribution >= 4 is 21.8 Å². The number of carbonyl (C=O) groups is 1. The van der Waals surface area contributed by atoms with Crippen molar-refractivity contribution in [2.24, 2.45) is 0 Å². The van der Waals surface area contributed by atoms with Crippen molar-refractivity contribution < 1.29 is 9.18 Å². The lowest BCUT2D eigenvalue weighted by atomic mass is 9.91. The summed E-state index contributed by atoms with van der Waals surface area (Å²) >= 11 is 3.36. The minimum Gasteiger partial charge on any atom is -0.335 e. The van der Waals surface area contributed by atoms with Gasteiger partial charge in [-0.15, -0.1) is 0 Å². The smallest absolute Gasteiger partial charge is 0.257 e. The number of alkyl halides is 1. The zero-order valence-corrected chi connectivity index (χ0v) is 12.0. The maximum atomic E-state index is 13.7. The molecule has 0 bridgehead atoms. The number of aryl methyl sites for hydroxylation is 1. The summed E-state index contributed by atoms with van der Waals surface area (Å²) in [5.74, 6) is -0.607. The summed E-state index contributed by atoms with van der Waals surface area (Å²) in [6, 6.07) is 4.98. The molecule has 1 aromatic rings. The third-order valence-electron chi connectivity index (χ3n) is 3.45. The average molecular weight is 314 g/mol. The van der Waals surface area contributed by atoms with Gasteiger partial charge in [-0.05, 0) is 38.3 Å². The number of hydrogen-bond acceptors (Lipinski definition) is 1. The standard InChI is InChI=1S/C14H17BrFNO/c1-10-5-6-13(16)12(9-10)14(18)17(8-7-15)11-3-2-4-11/h5-6,9,11H,2-4,7-8H2,1H3. The number of rotatable bonds is 4. The lowest BCUT2D eigenvalue weighted by Gasteiger charge is -2.37. The maximum Gasteiger partial charge on any atom is 0.257 e. The van der Waals surface area contributed by atoms with Crippen LogP contribution in [-0.2, 0) is 0 Å². The van der Waals surface area contributed by atoms with Crippen LogP contribution >= 0.6 is 15.9 Å². The molecular weight excluding hydrogens is 297 g/mol. The Hall–Kier alpha value is -0.900. The van der Waals surface area contributed by atoms with Gasteiger partial charge >= 0.3 is 0 Å². The van der Waals surface area contributed by atoms with Crippen LogP contribution < -0.4 is 0 Å². The normalized spacial score (nSPS) is 15.3. The van der Waals surface area contributed by atoms with Gasteiger partial charge in [0.1, 0.15) is 5.82 Å². The van der Waals surface area contributed by atoms with Crippen molar-refractivity contribution in [3.63, 3.8) is 0 Å². The third kappa shape index (κ3) is 2.74. The lowest BCUT2D eigenvalue weighted by molar-refractivity contribution is 0.0594. The summed E-state index contributed by atoms with van der Waals surface area (Å²) in [5, 5.41) is 0.725. The molecule has 1 aromatic carbocycles. The molecular formula is C14H17BrFNO. The van der Waals surface area contributed by atoms with E-state index in [2.05, 4.69) is 15.9 Å². The van der Waals surface area contributed by atoms with Gasteiger partial charge in [0.15, 0.2) is 0 Å². The fourth-order valence-corrected chi connectivity index (χ4v) is 2.58. The van der Waals surface area contributed by atoms with Crippen molar-refractivity contribution in [3.05, 3.63) is 35.1 Å². The summed E-state index contributed by atoms with van der Waals surface area (Å²) < 4.78 is 13.7. The number of benzene rings is 1. The molecule has 2 rings (SSSR count). The predicted octanol–water partition coefficient (Wildman–Crippen LogP) is 3.52. The van der Waals surface area contributed by atoms with Crippen LogP contribution in [0.2, 0.25) is 0 Å². The Bertz CT molecular complexity index is 445.